The van der Waals surface area contributed by atoms with Crippen LogP contribution < -0.4 is 16.0 Å². The zero-order chi connectivity index (χ0) is 16.0. The van der Waals surface area contributed by atoms with E-state index < -0.39 is 11.1 Å². The zero-order valence-electron chi connectivity index (χ0n) is 13.3. The standard InChI is InChI=1S/C14H27N3O3/c1-7-10(2)11(19)17-13(3,4)8-14(5,16-9-18)12(20)15-6/h9-10H,7-8H2,1-6H3,(H,15,20)(H,16,18)(H,17,19). The number of carbonyl (C=O) groups is 3. The Morgan fingerprint density at radius 3 is 2.20 bits per heavy atom. The van der Waals surface area contributed by atoms with Crippen molar-refractivity contribution in [1.29, 1.82) is 0 Å². The number of hydrogen-bond acceptors (Lipinski definition) is 3. The van der Waals surface area contributed by atoms with Crippen molar-refractivity contribution in [2.45, 2.75) is 58.5 Å². The van der Waals surface area contributed by atoms with Crippen LogP contribution in [0.1, 0.15) is 47.5 Å². The van der Waals surface area contributed by atoms with Crippen LogP contribution in [0.2, 0.25) is 0 Å². The summed E-state index contributed by atoms with van der Waals surface area (Å²) in [5.74, 6) is -0.433. The van der Waals surface area contributed by atoms with Crippen LogP contribution in [-0.4, -0.2) is 36.3 Å². The number of nitrogens with one attached hydrogen (secondary N) is 3. The van der Waals surface area contributed by atoms with E-state index in [-0.39, 0.29) is 17.7 Å². The SMILES string of the molecule is CCC(C)C(=O)NC(C)(C)CC(C)(NC=O)C(=O)NC. The number of rotatable bonds is 8. The molecule has 116 valence electrons. The van der Waals surface area contributed by atoms with Gasteiger partial charge in [-0.15, -0.1) is 0 Å². The summed E-state index contributed by atoms with van der Waals surface area (Å²) in [6, 6.07) is 0. The van der Waals surface area contributed by atoms with Crippen LogP contribution in [0.15, 0.2) is 0 Å². The first kappa shape index (κ1) is 18.4. The molecule has 0 aromatic carbocycles. The summed E-state index contributed by atoms with van der Waals surface area (Å²) < 4.78 is 0. The van der Waals surface area contributed by atoms with E-state index in [0.717, 1.165) is 6.42 Å². The predicted octanol–water partition coefficient (Wildman–Crippen LogP) is 0.568. The van der Waals surface area contributed by atoms with Crippen LogP contribution in [0.25, 0.3) is 0 Å². The van der Waals surface area contributed by atoms with E-state index in [2.05, 4.69) is 16.0 Å². The van der Waals surface area contributed by atoms with Crippen LogP contribution in [-0.2, 0) is 14.4 Å². The van der Waals surface area contributed by atoms with Gasteiger partial charge in [-0.1, -0.05) is 13.8 Å². The highest BCUT2D eigenvalue weighted by Crippen LogP contribution is 2.21. The summed E-state index contributed by atoms with van der Waals surface area (Å²) in [5.41, 5.74) is -1.68. The molecule has 2 atom stereocenters. The maximum atomic E-state index is 12.0. The molecule has 0 fully saturated rings. The van der Waals surface area contributed by atoms with Crippen molar-refractivity contribution in [2.24, 2.45) is 5.92 Å². The molecule has 0 bridgehead atoms. The third kappa shape index (κ3) is 5.19. The van der Waals surface area contributed by atoms with Crippen molar-refractivity contribution in [2.75, 3.05) is 7.05 Å². The van der Waals surface area contributed by atoms with Crippen molar-refractivity contribution in [3.05, 3.63) is 0 Å². The van der Waals surface area contributed by atoms with Gasteiger partial charge in [0.1, 0.15) is 5.54 Å². The van der Waals surface area contributed by atoms with Gasteiger partial charge in [0.25, 0.3) is 0 Å². The Bertz CT molecular complexity index is 369. The van der Waals surface area contributed by atoms with Gasteiger partial charge in [-0.25, -0.2) is 0 Å². The van der Waals surface area contributed by atoms with Gasteiger partial charge < -0.3 is 16.0 Å². The third-order valence-corrected chi connectivity index (χ3v) is 3.42. The Kier molecular flexibility index (Phi) is 6.68. The lowest BCUT2D eigenvalue weighted by molar-refractivity contribution is -0.131. The Morgan fingerprint density at radius 2 is 1.80 bits per heavy atom. The fraction of sp³-hybridized carbons (Fsp3) is 0.786. The molecule has 3 amide bonds. The maximum absolute atomic E-state index is 12.0. The number of likely N-dealkylation sites (N-methyl/N-ethyl adjacent to an activating group) is 1. The van der Waals surface area contributed by atoms with Crippen molar-refractivity contribution < 1.29 is 14.4 Å². The lowest BCUT2D eigenvalue weighted by atomic mass is 9.84. The highest BCUT2D eigenvalue weighted by molar-refractivity contribution is 5.88. The van der Waals surface area contributed by atoms with E-state index in [9.17, 15) is 14.4 Å². The molecule has 0 saturated heterocycles. The van der Waals surface area contributed by atoms with Gasteiger partial charge in [-0.05, 0) is 27.2 Å². The van der Waals surface area contributed by atoms with E-state index in [4.69, 9.17) is 0 Å². The molecule has 0 aliphatic heterocycles. The highest BCUT2D eigenvalue weighted by Gasteiger charge is 2.39. The van der Waals surface area contributed by atoms with E-state index >= 15 is 0 Å². The third-order valence-electron chi connectivity index (χ3n) is 3.42. The molecule has 0 spiro atoms. The highest BCUT2D eigenvalue weighted by atomic mass is 16.2. The summed E-state index contributed by atoms with van der Waals surface area (Å²) in [6.07, 6.45) is 1.55. The van der Waals surface area contributed by atoms with Gasteiger partial charge in [0, 0.05) is 24.9 Å². The lowest BCUT2D eigenvalue weighted by Gasteiger charge is -2.36. The Hall–Kier alpha value is -1.59. The van der Waals surface area contributed by atoms with Crippen LogP contribution in [0.4, 0.5) is 0 Å². The number of amides is 3. The van der Waals surface area contributed by atoms with Crippen molar-refractivity contribution in [3.8, 4) is 0 Å². The second kappa shape index (κ2) is 7.26. The summed E-state index contributed by atoms with van der Waals surface area (Å²) >= 11 is 0. The van der Waals surface area contributed by atoms with Crippen molar-refractivity contribution in [1.82, 2.24) is 16.0 Å². The summed E-state index contributed by atoms with van der Waals surface area (Å²) in [6.45, 7) is 9.10. The van der Waals surface area contributed by atoms with Crippen LogP contribution >= 0.6 is 0 Å². The molecule has 3 N–H and O–H groups in total. The van der Waals surface area contributed by atoms with Crippen LogP contribution in [0.5, 0.6) is 0 Å². The van der Waals surface area contributed by atoms with Gasteiger partial charge in [0.05, 0.1) is 0 Å². The Labute approximate surface area is 121 Å². The summed E-state index contributed by atoms with van der Waals surface area (Å²) in [7, 11) is 1.51. The molecular formula is C14H27N3O3. The minimum atomic E-state index is -1.07. The summed E-state index contributed by atoms with van der Waals surface area (Å²) in [5, 5.41) is 7.99. The minimum Gasteiger partial charge on any atom is -0.357 e. The average Bonchev–Trinajstić information content (AvgIpc) is 2.35. The molecule has 6 nitrogen and oxygen atoms in total. The maximum Gasteiger partial charge on any atom is 0.245 e. The monoisotopic (exact) mass is 285 g/mol. The molecule has 0 saturated carbocycles. The zero-order valence-corrected chi connectivity index (χ0v) is 13.3. The van der Waals surface area contributed by atoms with Gasteiger partial charge in [-0.2, -0.15) is 0 Å². The minimum absolute atomic E-state index is 0.0529. The molecule has 0 aromatic rings. The van der Waals surface area contributed by atoms with E-state index in [1.165, 1.54) is 7.05 Å². The van der Waals surface area contributed by atoms with E-state index in [1.54, 1.807) is 6.92 Å². The second-order valence-corrected chi connectivity index (χ2v) is 6.03. The topological polar surface area (TPSA) is 87.3 Å². The van der Waals surface area contributed by atoms with Gasteiger partial charge >= 0.3 is 0 Å². The van der Waals surface area contributed by atoms with Gasteiger partial charge in [0.2, 0.25) is 18.2 Å². The molecule has 0 aromatic heterocycles. The van der Waals surface area contributed by atoms with Gasteiger partial charge in [-0.3, -0.25) is 14.4 Å². The smallest absolute Gasteiger partial charge is 0.245 e. The molecule has 6 heteroatoms. The first-order valence-corrected chi connectivity index (χ1v) is 6.87. The molecule has 0 radical (unpaired) electrons. The molecule has 0 rings (SSSR count). The van der Waals surface area contributed by atoms with E-state index in [0.29, 0.717) is 12.8 Å². The largest absolute Gasteiger partial charge is 0.357 e. The summed E-state index contributed by atoms with van der Waals surface area (Å²) in [4.78, 5) is 34.6. The number of carbonyl (C=O) groups excluding carboxylic acids is 3. The Balaban J connectivity index is 4.97. The predicted molar refractivity (Wildman–Crippen MR) is 78.0 cm³/mol. The average molecular weight is 285 g/mol. The molecular weight excluding hydrogens is 258 g/mol. The van der Waals surface area contributed by atoms with Gasteiger partial charge in [0.15, 0.2) is 0 Å². The normalized spacial score (nSPS) is 15.7. The second-order valence-electron chi connectivity index (χ2n) is 6.03. The fourth-order valence-electron chi connectivity index (χ4n) is 2.17. The van der Waals surface area contributed by atoms with Crippen molar-refractivity contribution in [3.63, 3.8) is 0 Å². The molecule has 2 unspecified atom stereocenters. The lowest BCUT2D eigenvalue weighted by Crippen LogP contribution is -2.60. The number of hydrogen-bond donors (Lipinski definition) is 3. The first-order valence-electron chi connectivity index (χ1n) is 6.87. The van der Waals surface area contributed by atoms with Crippen LogP contribution in [0.3, 0.4) is 0 Å². The molecule has 0 heterocycles. The fourth-order valence-corrected chi connectivity index (χ4v) is 2.17. The van der Waals surface area contributed by atoms with Crippen LogP contribution in [0, 0.1) is 5.92 Å². The quantitative estimate of drug-likeness (QED) is 0.570. The molecule has 20 heavy (non-hydrogen) atoms. The molecule has 0 aliphatic carbocycles. The Morgan fingerprint density at radius 1 is 1.25 bits per heavy atom. The van der Waals surface area contributed by atoms with Crippen molar-refractivity contribution >= 4 is 18.2 Å². The van der Waals surface area contributed by atoms with E-state index in [1.807, 2.05) is 27.7 Å². The molecule has 0 aliphatic rings. The first-order chi connectivity index (χ1) is 9.11.